The number of amides is 1. The number of nitro groups is 1. The van der Waals surface area contributed by atoms with Crippen LogP contribution in [-0.2, 0) is 0 Å². The monoisotopic (exact) mass is 379 g/mol. The van der Waals surface area contributed by atoms with Gasteiger partial charge in [0.2, 0.25) is 0 Å². The van der Waals surface area contributed by atoms with Gasteiger partial charge in [-0.15, -0.1) is 0 Å². The maximum Gasteiger partial charge on any atom is 0.272 e. The topological polar surface area (TPSA) is 76.3 Å². The number of hydrogen-bond acceptors (Lipinski definition) is 4. The van der Waals surface area contributed by atoms with Crippen molar-refractivity contribution in [3.8, 4) is 11.3 Å². The molecule has 1 saturated carbocycles. The predicted octanol–water partition coefficient (Wildman–Crippen LogP) is 4.70. The maximum atomic E-state index is 13.3. The first-order valence-corrected chi connectivity index (χ1v) is 9.69. The fourth-order valence-electron chi connectivity index (χ4n) is 5.34. The van der Waals surface area contributed by atoms with Gasteiger partial charge in [0.25, 0.3) is 11.6 Å². The van der Waals surface area contributed by atoms with Gasteiger partial charge < -0.3 is 4.90 Å². The Morgan fingerprint density at radius 1 is 1.18 bits per heavy atom. The maximum absolute atomic E-state index is 13.3. The van der Waals surface area contributed by atoms with Crippen LogP contribution in [0.4, 0.5) is 5.69 Å². The number of carbonyl (C=O) groups is 1. The molecule has 0 radical (unpaired) electrons. The van der Waals surface area contributed by atoms with E-state index in [0.29, 0.717) is 17.0 Å². The van der Waals surface area contributed by atoms with Crippen LogP contribution in [0.25, 0.3) is 11.3 Å². The van der Waals surface area contributed by atoms with E-state index in [0.717, 1.165) is 25.8 Å². The molecule has 6 nitrogen and oxygen atoms in total. The largest absolute Gasteiger partial charge is 0.334 e. The quantitative estimate of drug-likeness (QED) is 0.572. The number of nitrogens with zero attached hydrogens (tertiary/aromatic N) is 3. The minimum Gasteiger partial charge on any atom is -0.334 e. The van der Waals surface area contributed by atoms with Gasteiger partial charge in [-0.1, -0.05) is 39.0 Å². The Bertz CT molecular complexity index is 956. The first-order valence-electron chi connectivity index (χ1n) is 9.69. The Hall–Kier alpha value is -2.76. The van der Waals surface area contributed by atoms with Gasteiger partial charge >= 0.3 is 0 Å². The number of carbonyl (C=O) groups excluding carboxylic acids is 1. The van der Waals surface area contributed by atoms with Crippen molar-refractivity contribution in [1.82, 2.24) is 9.88 Å². The van der Waals surface area contributed by atoms with Gasteiger partial charge in [-0.25, -0.2) is 4.98 Å². The summed E-state index contributed by atoms with van der Waals surface area (Å²) in [6.45, 7) is 7.61. The zero-order valence-electron chi connectivity index (χ0n) is 16.5. The molecule has 2 bridgehead atoms. The molecule has 1 aromatic heterocycles. The number of fused-ring (bicyclic) bond motifs is 2. The highest BCUT2D eigenvalue weighted by Gasteiger charge is 2.51. The first-order chi connectivity index (χ1) is 13.2. The van der Waals surface area contributed by atoms with Gasteiger partial charge in [-0.05, 0) is 42.2 Å². The van der Waals surface area contributed by atoms with Gasteiger partial charge in [-0.2, -0.15) is 0 Å². The van der Waals surface area contributed by atoms with Crippen molar-refractivity contribution in [1.29, 1.82) is 0 Å². The van der Waals surface area contributed by atoms with Crippen LogP contribution < -0.4 is 0 Å². The molecule has 6 heteroatoms. The second kappa shape index (κ2) is 6.40. The summed E-state index contributed by atoms with van der Waals surface area (Å²) in [4.78, 5) is 30.4. The molecule has 4 rings (SSSR count). The van der Waals surface area contributed by atoms with Crippen molar-refractivity contribution in [3.05, 3.63) is 58.3 Å². The van der Waals surface area contributed by atoms with Gasteiger partial charge in [0.15, 0.2) is 0 Å². The molecule has 0 spiro atoms. The summed E-state index contributed by atoms with van der Waals surface area (Å²) in [5, 5.41) is 11.0. The number of benzene rings is 1. The van der Waals surface area contributed by atoms with Crippen molar-refractivity contribution in [2.24, 2.45) is 10.8 Å². The molecule has 1 aliphatic carbocycles. The van der Waals surface area contributed by atoms with E-state index in [2.05, 4.69) is 25.8 Å². The third-order valence-corrected chi connectivity index (χ3v) is 6.00. The predicted molar refractivity (Wildman–Crippen MR) is 107 cm³/mol. The Kier molecular flexibility index (Phi) is 4.25. The van der Waals surface area contributed by atoms with Gasteiger partial charge in [0.05, 0.1) is 10.6 Å². The third-order valence-electron chi connectivity index (χ3n) is 6.00. The molecule has 146 valence electrons. The van der Waals surface area contributed by atoms with Crippen LogP contribution in [0.3, 0.4) is 0 Å². The molecule has 28 heavy (non-hydrogen) atoms. The summed E-state index contributed by atoms with van der Waals surface area (Å²) in [7, 11) is 0. The first kappa shape index (κ1) is 18.6. The van der Waals surface area contributed by atoms with E-state index in [9.17, 15) is 14.9 Å². The molecule has 1 aromatic carbocycles. The normalized spacial score (nSPS) is 25.5. The van der Waals surface area contributed by atoms with E-state index in [1.807, 2.05) is 4.90 Å². The lowest BCUT2D eigenvalue weighted by molar-refractivity contribution is -0.384. The number of rotatable bonds is 3. The molecule has 1 saturated heterocycles. The molecule has 0 unspecified atom stereocenters. The van der Waals surface area contributed by atoms with E-state index in [1.54, 1.807) is 30.3 Å². The highest BCUT2D eigenvalue weighted by molar-refractivity contribution is 5.93. The molecule has 1 aliphatic heterocycles. The minimum absolute atomic E-state index is 0.0135. The van der Waals surface area contributed by atoms with Crippen molar-refractivity contribution in [2.45, 2.75) is 46.1 Å². The van der Waals surface area contributed by atoms with E-state index < -0.39 is 4.92 Å². The average molecular weight is 379 g/mol. The Morgan fingerprint density at radius 3 is 2.68 bits per heavy atom. The second-order valence-corrected chi connectivity index (χ2v) is 9.36. The molecule has 0 N–H and O–H groups in total. The zero-order chi connectivity index (χ0) is 20.1. The number of pyridine rings is 1. The lowest BCUT2D eigenvalue weighted by atomic mass is 9.65. The van der Waals surface area contributed by atoms with Crippen LogP contribution in [0, 0.1) is 20.9 Å². The van der Waals surface area contributed by atoms with Crippen molar-refractivity contribution < 1.29 is 9.72 Å². The lowest BCUT2D eigenvalue weighted by Gasteiger charge is -2.39. The second-order valence-electron chi connectivity index (χ2n) is 9.36. The highest BCUT2D eigenvalue weighted by Crippen LogP contribution is 2.52. The highest BCUT2D eigenvalue weighted by atomic mass is 16.6. The number of non-ortho nitro benzene ring substituents is 1. The van der Waals surface area contributed by atoms with E-state index in [-0.39, 0.29) is 28.5 Å². The van der Waals surface area contributed by atoms with Crippen LogP contribution >= 0.6 is 0 Å². The van der Waals surface area contributed by atoms with E-state index >= 15 is 0 Å². The van der Waals surface area contributed by atoms with Gasteiger partial charge in [-0.3, -0.25) is 14.9 Å². The number of hydrogen-bond donors (Lipinski definition) is 0. The number of nitro benzene ring substituents is 1. The van der Waals surface area contributed by atoms with Crippen LogP contribution in [-0.4, -0.2) is 33.3 Å². The SMILES string of the molecule is CC1(C)C[C@@H]2C[C@@](C)(CN2C(=O)c2cccc(-c3cccc([N+](=O)[O-])c3)n2)C1. The summed E-state index contributed by atoms with van der Waals surface area (Å²) in [5.74, 6) is -0.0429. The molecule has 2 fully saturated rings. The van der Waals surface area contributed by atoms with Gasteiger partial charge in [0, 0.05) is 30.3 Å². The Morgan fingerprint density at radius 2 is 1.93 bits per heavy atom. The molecular weight excluding hydrogens is 354 g/mol. The van der Waals surface area contributed by atoms with Crippen LogP contribution in [0.15, 0.2) is 42.5 Å². The minimum atomic E-state index is -0.425. The average Bonchev–Trinajstić information content (AvgIpc) is 2.90. The van der Waals surface area contributed by atoms with Gasteiger partial charge in [0.1, 0.15) is 5.69 Å². The summed E-state index contributed by atoms with van der Waals surface area (Å²) in [6.07, 6.45) is 3.19. The fraction of sp³-hybridized carbons (Fsp3) is 0.455. The van der Waals surface area contributed by atoms with Crippen LogP contribution in [0.1, 0.15) is 50.5 Å². The number of likely N-dealkylation sites (tertiary alicyclic amines) is 1. The van der Waals surface area contributed by atoms with E-state index in [4.69, 9.17) is 0 Å². The summed E-state index contributed by atoms with van der Waals surface area (Å²) in [6, 6.07) is 11.9. The van der Waals surface area contributed by atoms with Crippen molar-refractivity contribution >= 4 is 11.6 Å². The fourth-order valence-corrected chi connectivity index (χ4v) is 5.34. The van der Waals surface area contributed by atoms with Crippen molar-refractivity contribution in [3.63, 3.8) is 0 Å². The van der Waals surface area contributed by atoms with Crippen LogP contribution in [0.2, 0.25) is 0 Å². The Labute approximate surface area is 164 Å². The zero-order valence-corrected chi connectivity index (χ0v) is 16.5. The lowest BCUT2D eigenvalue weighted by Crippen LogP contribution is -2.38. The molecule has 2 heterocycles. The molecule has 2 aliphatic rings. The summed E-state index contributed by atoms with van der Waals surface area (Å²) in [5.41, 5.74) is 2.03. The molecule has 1 amide bonds. The summed E-state index contributed by atoms with van der Waals surface area (Å²) < 4.78 is 0. The Balaban J connectivity index is 1.63. The standard InChI is InChI=1S/C22H25N3O3/c1-21(2)11-17-12-22(3,13-21)14-24(17)20(26)19-9-5-8-18(23-19)15-6-4-7-16(10-15)25(27)28/h4-10,17H,11-14H2,1-3H3/t17-,22-/m1/s1. The van der Waals surface area contributed by atoms with E-state index in [1.165, 1.54) is 12.1 Å². The van der Waals surface area contributed by atoms with Crippen molar-refractivity contribution in [2.75, 3.05) is 6.54 Å². The number of aromatic nitrogens is 1. The molecule has 2 aromatic rings. The third kappa shape index (κ3) is 3.39. The molecular formula is C22H25N3O3. The summed E-state index contributed by atoms with van der Waals surface area (Å²) >= 11 is 0. The molecule has 2 atom stereocenters. The van der Waals surface area contributed by atoms with Crippen LogP contribution in [0.5, 0.6) is 0 Å². The smallest absolute Gasteiger partial charge is 0.272 e.